The summed E-state index contributed by atoms with van der Waals surface area (Å²) in [5.41, 5.74) is 6.08. The van der Waals surface area contributed by atoms with Crippen LogP contribution in [0.3, 0.4) is 0 Å². The van der Waals surface area contributed by atoms with Gasteiger partial charge < -0.3 is 14.9 Å². The standard InChI is InChI=1S/C13H14N2O4/c14-13(17)18-8-4-3-6-10(16)12-15-9-5-1-2-7-11(9)19-12/h1-2,5,7H,3-4,6,8H2,(H2,14,17). The van der Waals surface area contributed by atoms with E-state index in [1.165, 1.54) is 0 Å². The summed E-state index contributed by atoms with van der Waals surface area (Å²) in [4.78, 5) is 26.3. The highest BCUT2D eigenvalue weighted by molar-refractivity contribution is 5.94. The fourth-order valence-corrected chi connectivity index (χ4v) is 1.66. The number of carbonyl (C=O) groups excluding carboxylic acids is 2. The molecule has 100 valence electrons. The number of ketones is 1. The van der Waals surface area contributed by atoms with Gasteiger partial charge in [-0.15, -0.1) is 0 Å². The zero-order chi connectivity index (χ0) is 13.7. The van der Waals surface area contributed by atoms with E-state index < -0.39 is 6.09 Å². The van der Waals surface area contributed by atoms with Crippen molar-refractivity contribution in [1.29, 1.82) is 0 Å². The second-order valence-electron chi connectivity index (χ2n) is 4.03. The lowest BCUT2D eigenvalue weighted by Gasteiger charge is -1.99. The molecular formula is C13H14N2O4. The number of rotatable bonds is 6. The third kappa shape index (κ3) is 3.54. The summed E-state index contributed by atoms with van der Waals surface area (Å²) in [5, 5.41) is 0. The molecule has 19 heavy (non-hydrogen) atoms. The summed E-state index contributed by atoms with van der Waals surface area (Å²) in [5.74, 6) is -0.0349. The number of benzene rings is 1. The van der Waals surface area contributed by atoms with Crippen molar-refractivity contribution in [2.75, 3.05) is 6.61 Å². The Hall–Kier alpha value is -2.37. The number of aromatic nitrogens is 1. The van der Waals surface area contributed by atoms with E-state index in [0.717, 1.165) is 0 Å². The Morgan fingerprint density at radius 2 is 2.05 bits per heavy atom. The number of hydrogen-bond donors (Lipinski definition) is 1. The number of nitrogens with two attached hydrogens (primary N) is 1. The molecule has 0 aliphatic rings. The number of carbonyl (C=O) groups is 2. The number of unbranched alkanes of at least 4 members (excludes halogenated alkanes) is 1. The molecular weight excluding hydrogens is 248 g/mol. The van der Waals surface area contributed by atoms with Crippen molar-refractivity contribution < 1.29 is 18.7 Å². The van der Waals surface area contributed by atoms with Crippen molar-refractivity contribution in [2.45, 2.75) is 19.3 Å². The van der Waals surface area contributed by atoms with E-state index in [1.807, 2.05) is 12.1 Å². The van der Waals surface area contributed by atoms with E-state index in [1.54, 1.807) is 12.1 Å². The minimum absolute atomic E-state index is 0.122. The first kappa shape index (κ1) is 13.1. The maximum absolute atomic E-state index is 11.8. The van der Waals surface area contributed by atoms with E-state index in [-0.39, 0.29) is 18.3 Å². The summed E-state index contributed by atoms with van der Waals surface area (Å²) >= 11 is 0. The molecule has 6 heteroatoms. The summed E-state index contributed by atoms with van der Waals surface area (Å²) in [6, 6.07) is 7.21. The molecule has 0 unspecified atom stereocenters. The maximum Gasteiger partial charge on any atom is 0.404 e. The van der Waals surface area contributed by atoms with Crippen molar-refractivity contribution in [1.82, 2.24) is 4.98 Å². The maximum atomic E-state index is 11.8. The molecule has 0 aliphatic carbocycles. The number of para-hydroxylation sites is 2. The molecule has 1 aromatic carbocycles. The van der Waals surface area contributed by atoms with Gasteiger partial charge in [0.05, 0.1) is 6.61 Å². The van der Waals surface area contributed by atoms with E-state index in [4.69, 9.17) is 10.2 Å². The molecule has 2 N–H and O–H groups in total. The molecule has 1 amide bonds. The highest BCUT2D eigenvalue weighted by atomic mass is 16.5. The zero-order valence-electron chi connectivity index (χ0n) is 10.3. The topological polar surface area (TPSA) is 95.4 Å². The molecule has 6 nitrogen and oxygen atoms in total. The molecule has 0 aliphatic heterocycles. The molecule has 0 saturated carbocycles. The summed E-state index contributed by atoms with van der Waals surface area (Å²) in [7, 11) is 0. The average Bonchev–Trinajstić information content (AvgIpc) is 2.81. The Kier molecular flexibility index (Phi) is 4.12. The molecule has 0 saturated heterocycles. The van der Waals surface area contributed by atoms with Gasteiger partial charge >= 0.3 is 6.09 Å². The van der Waals surface area contributed by atoms with Crippen LogP contribution in [0.5, 0.6) is 0 Å². The first-order chi connectivity index (χ1) is 9.16. The van der Waals surface area contributed by atoms with Crippen LogP contribution < -0.4 is 5.73 Å². The van der Waals surface area contributed by atoms with E-state index in [0.29, 0.717) is 30.4 Å². The van der Waals surface area contributed by atoms with Crippen LogP contribution in [0.4, 0.5) is 4.79 Å². The van der Waals surface area contributed by atoms with Crippen molar-refractivity contribution in [3.8, 4) is 0 Å². The summed E-state index contributed by atoms with van der Waals surface area (Å²) < 4.78 is 9.92. The van der Waals surface area contributed by atoms with Gasteiger partial charge in [0.15, 0.2) is 5.58 Å². The Balaban J connectivity index is 1.84. The summed E-state index contributed by atoms with van der Waals surface area (Å²) in [6.07, 6.45) is 0.666. The van der Waals surface area contributed by atoms with E-state index in [9.17, 15) is 9.59 Å². The second kappa shape index (κ2) is 5.99. The van der Waals surface area contributed by atoms with Crippen LogP contribution in [0.25, 0.3) is 11.1 Å². The number of Topliss-reactive ketones (excluding diaryl/α,β-unsaturated/α-hetero) is 1. The van der Waals surface area contributed by atoms with Crippen LogP contribution >= 0.6 is 0 Å². The number of primary amides is 1. The highest BCUT2D eigenvalue weighted by Gasteiger charge is 2.13. The van der Waals surface area contributed by atoms with Gasteiger partial charge in [-0.3, -0.25) is 4.79 Å². The van der Waals surface area contributed by atoms with Gasteiger partial charge in [0.2, 0.25) is 5.78 Å². The van der Waals surface area contributed by atoms with E-state index >= 15 is 0 Å². The second-order valence-corrected chi connectivity index (χ2v) is 4.03. The number of oxazole rings is 1. The van der Waals surface area contributed by atoms with Gasteiger partial charge in [0.1, 0.15) is 5.52 Å². The number of fused-ring (bicyclic) bond motifs is 1. The lowest BCUT2D eigenvalue weighted by atomic mass is 10.2. The first-order valence-corrected chi connectivity index (χ1v) is 5.98. The smallest absolute Gasteiger partial charge is 0.404 e. The van der Waals surface area contributed by atoms with Gasteiger partial charge in [0, 0.05) is 6.42 Å². The van der Waals surface area contributed by atoms with Crippen molar-refractivity contribution in [2.24, 2.45) is 5.73 Å². The Bertz CT molecular complexity index is 558. The Labute approximate surface area is 109 Å². The number of nitrogens with zero attached hydrogens (tertiary/aromatic N) is 1. The minimum Gasteiger partial charge on any atom is -0.450 e. The molecule has 0 spiro atoms. The van der Waals surface area contributed by atoms with Crippen molar-refractivity contribution in [3.05, 3.63) is 30.2 Å². The SMILES string of the molecule is NC(=O)OCCCCC(=O)c1nc2ccccc2o1. The highest BCUT2D eigenvalue weighted by Crippen LogP contribution is 2.16. The van der Waals surface area contributed by atoms with Crippen molar-refractivity contribution in [3.63, 3.8) is 0 Å². The Morgan fingerprint density at radius 1 is 1.26 bits per heavy atom. The average molecular weight is 262 g/mol. The number of ether oxygens (including phenoxy) is 1. The third-order valence-electron chi connectivity index (χ3n) is 2.57. The molecule has 2 aromatic rings. The van der Waals surface area contributed by atoms with Crippen LogP contribution in [0.15, 0.2) is 28.7 Å². The molecule has 1 heterocycles. The van der Waals surface area contributed by atoms with Crippen LogP contribution in [-0.2, 0) is 4.74 Å². The van der Waals surface area contributed by atoms with Crippen LogP contribution in [0.2, 0.25) is 0 Å². The fraction of sp³-hybridized carbons (Fsp3) is 0.308. The predicted octanol–water partition coefficient (Wildman–Crippen LogP) is 2.28. The monoisotopic (exact) mass is 262 g/mol. The largest absolute Gasteiger partial charge is 0.450 e. The van der Waals surface area contributed by atoms with Crippen LogP contribution in [0, 0.1) is 0 Å². The molecule has 0 atom stereocenters. The summed E-state index contributed by atoms with van der Waals surface area (Å²) in [6.45, 7) is 0.218. The van der Waals surface area contributed by atoms with Crippen LogP contribution in [-0.4, -0.2) is 23.5 Å². The van der Waals surface area contributed by atoms with Gasteiger partial charge in [-0.2, -0.15) is 0 Å². The number of hydrogen-bond acceptors (Lipinski definition) is 5. The lowest BCUT2D eigenvalue weighted by Crippen LogP contribution is -2.13. The van der Waals surface area contributed by atoms with Crippen LogP contribution in [0.1, 0.15) is 29.9 Å². The van der Waals surface area contributed by atoms with E-state index in [2.05, 4.69) is 9.72 Å². The minimum atomic E-state index is -0.801. The zero-order valence-corrected chi connectivity index (χ0v) is 10.3. The van der Waals surface area contributed by atoms with Crippen molar-refractivity contribution >= 4 is 23.0 Å². The predicted molar refractivity (Wildman–Crippen MR) is 67.7 cm³/mol. The number of amides is 1. The van der Waals surface area contributed by atoms with Gasteiger partial charge in [-0.1, -0.05) is 12.1 Å². The molecule has 0 bridgehead atoms. The molecule has 0 fully saturated rings. The molecule has 1 aromatic heterocycles. The third-order valence-corrected chi connectivity index (χ3v) is 2.57. The molecule has 2 rings (SSSR count). The van der Waals surface area contributed by atoms with Gasteiger partial charge in [0.25, 0.3) is 5.89 Å². The Morgan fingerprint density at radius 3 is 2.79 bits per heavy atom. The fourth-order valence-electron chi connectivity index (χ4n) is 1.66. The van der Waals surface area contributed by atoms with Gasteiger partial charge in [-0.05, 0) is 25.0 Å². The van der Waals surface area contributed by atoms with Gasteiger partial charge in [-0.25, -0.2) is 9.78 Å². The quantitative estimate of drug-likeness (QED) is 0.636. The lowest BCUT2D eigenvalue weighted by molar-refractivity contribution is 0.0945. The molecule has 0 radical (unpaired) electrons. The first-order valence-electron chi connectivity index (χ1n) is 5.98. The normalized spacial score (nSPS) is 10.5.